The van der Waals surface area contributed by atoms with Gasteiger partial charge in [-0.15, -0.1) is 11.8 Å². The van der Waals surface area contributed by atoms with E-state index in [0.29, 0.717) is 15.8 Å². The summed E-state index contributed by atoms with van der Waals surface area (Å²) in [6, 6.07) is 12.7. The third kappa shape index (κ3) is 7.56. The average Bonchev–Trinajstić information content (AvgIpc) is 3.32. The summed E-state index contributed by atoms with van der Waals surface area (Å²) in [6.45, 7) is 2.08. The van der Waals surface area contributed by atoms with Gasteiger partial charge in [0, 0.05) is 18.3 Å². The van der Waals surface area contributed by atoms with Crippen LogP contribution in [0.25, 0.3) is 0 Å². The van der Waals surface area contributed by atoms with Gasteiger partial charge in [-0.3, -0.25) is 9.59 Å². The summed E-state index contributed by atoms with van der Waals surface area (Å²) in [7, 11) is 1.63. The number of hydrogen-bond donors (Lipinski definition) is 1. The molecule has 1 aliphatic rings. The second-order valence-electron chi connectivity index (χ2n) is 8.28. The molecule has 0 aliphatic heterocycles. The van der Waals surface area contributed by atoms with E-state index in [2.05, 4.69) is 5.32 Å². The van der Waals surface area contributed by atoms with Crippen LogP contribution in [0.15, 0.2) is 42.5 Å². The van der Waals surface area contributed by atoms with Crippen LogP contribution in [-0.2, 0) is 21.9 Å². The van der Waals surface area contributed by atoms with E-state index in [0.717, 1.165) is 42.6 Å². The molecule has 1 fully saturated rings. The topological polar surface area (TPSA) is 58.6 Å². The fourth-order valence-electron chi connectivity index (χ4n) is 3.87. The molecule has 1 aliphatic carbocycles. The Morgan fingerprint density at radius 2 is 1.76 bits per heavy atom. The first-order valence-corrected chi connectivity index (χ1v) is 13.0. The number of hydrogen-bond acceptors (Lipinski definition) is 4. The number of nitrogens with one attached hydrogen (secondary N) is 1. The fourth-order valence-corrected chi connectivity index (χ4v) is 5.06. The van der Waals surface area contributed by atoms with Crippen LogP contribution in [0, 0.1) is 0 Å². The maximum Gasteiger partial charge on any atom is 0.242 e. The minimum absolute atomic E-state index is 0.0892. The molecule has 33 heavy (non-hydrogen) atoms. The zero-order valence-electron chi connectivity index (χ0n) is 19.0. The first kappa shape index (κ1) is 25.7. The molecule has 1 saturated carbocycles. The highest BCUT2D eigenvalue weighted by molar-refractivity contribution is 7.99. The van der Waals surface area contributed by atoms with Crippen molar-refractivity contribution in [3.63, 3.8) is 0 Å². The molecule has 0 spiro atoms. The van der Waals surface area contributed by atoms with E-state index >= 15 is 0 Å². The molecule has 8 heteroatoms. The lowest BCUT2D eigenvalue weighted by Gasteiger charge is -2.30. The molecule has 2 aromatic rings. The summed E-state index contributed by atoms with van der Waals surface area (Å²) < 4.78 is 5.19. The zero-order valence-corrected chi connectivity index (χ0v) is 21.3. The van der Waals surface area contributed by atoms with Crippen LogP contribution in [0.1, 0.15) is 43.7 Å². The molecule has 0 aromatic heterocycles. The highest BCUT2D eigenvalue weighted by atomic mass is 35.5. The largest absolute Gasteiger partial charge is 0.497 e. The van der Waals surface area contributed by atoms with E-state index in [1.54, 1.807) is 31.1 Å². The number of ether oxygens (including phenoxy) is 1. The lowest BCUT2D eigenvalue weighted by molar-refractivity contribution is -0.138. The second kappa shape index (κ2) is 12.5. The normalized spacial score (nSPS) is 14.7. The van der Waals surface area contributed by atoms with Crippen LogP contribution in [-0.4, -0.2) is 41.7 Å². The second-order valence-corrected chi connectivity index (χ2v) is 10.1. The van der Waals surface area contributed by atoms with Crippen LogP contribution in [0.2, 0.25) is 10.0 Å². The standard InChI is InChI=1S/C25H30Cl2N2O3S/c1-17(25(31)28-20-5-3-4-6-20)29(14-19-9-12-22(26)23(27)13-19)24(30)16-33-15-18-7-10-21(32-2)11-8-18/h7-13,17,20H,3-6,14-16H2,1-2H3,(H,28,31)/t17-/m0/s1. The van der Waals surface area contributed by atoms with Crippen molar-refractivity contribution in [2.45, 2.75) is 57.0 Å². The Hall–Kier alpha value is -1.89. The predicted octanol–water partition coefficient (Wildman–Crippen LogP) is 5.71. The molecule has 0 saturated heterocycles. The van der Waals surface area contributed by atoms with Gasteiger partial charge in [-0.05, 0) is 55.2 Å². The minimum atomic E-state index is -0.589. The molecule has 2 amide bonds. The lowest BCUT2D eigenvalue weighted by atomic mass is 10.1. The van der Waals surface area contributed by atoms with Crippen molar-refractivity contribution in [1.29, 1.82) is 0 Å². The van der Waals surface area contributed by atoms with Gasteiger partial charge in [0.05, 0.1) is 22.9 Å². The van der Waals surface area contributed by atoms with E-state index < -0.39 is 6.04 Å². The molecule has 0 heterocycles. The van der Waals surface area contributed by atoms with Crippen molar-refractivity contribution >= 4 is 46.8 Å². The van der Waals surface area contributed by atoms with Crippen molar-refractivity contribution in [3.05, 3.63) is 63.6 Å². The third-order valence-electron chi connectivity index (χ3n) is 5.86. The molecule has 1 N–H and O–H groups in total. The van der Waals surface area contributed by atoms with Gasteiger partial charge in [-0.2, -0.15) is 0 Å². The maximum absolute atomic E-state index is 13.2. The van der Waals surface area contributed by atoms with Gasteiger partial charge in [0.2, 0.25) is 11.8 Å². The number of amides is 2. The molecule has 1 atom stereocenters. The number of thioether (sulfide) groups is 1. The van der Waals surface area contributed by atoms with Crippen LogP contribution in [0.4, 0.5) is 0 Å². The van der Waals surface area contributed by atoms with Gasteiger partial charge < -0.3 is 15.0 Å². The summed E-state index contributed by atoms with van der Waals surface area (Å²) in [4.78, 5) is 27.8. The monoisotopic (exact) mass is 508 g/mol. The Balaban J connectivity index is 1.66. The molecular weight excluding hydrogens is 479 g/mol. The number of rotatable bonds is 10. The molecule has 0 radical (unpaired) electrons. The van der Waals surface area contributed by atoms with Crippen LogP contribution < -0.4 is 10.1 Å². The van der Waals surface area contributed by atoms with E-state index in [1.165, 1.54) is 11.8 Å². The molecule has 178 valence electrons. The van der Waals surface area contributed by atoms with Gasteiger partial charge in [-0.25, -0.2) is 0 Å². The van der Waals surface area contributed by atoms with Gasteiger partial charge >= 0.3 is 0 Å². The first-order chi connectivity index (χ1) is 15.9. The Morgan fingerprint density at radius 1 is 1.09 bits per heavy atom. The predicted molar refractivity (Wildman–Crippen MR) is 136 cm³/mol. The zero-order chi connectivity index (χ0) is 23.8. The van der Waals surface area contributed by atoms with E-state index in [-0.39, 0.29) is 30.2 Å². The summed E-state index contributed by atoms with van der Waals surface area (Å²) in [5, 5.41) is 4.00. The number of nitrogens with zero attached hydrogens (tertiary/aromatic N) is 1. The molecule has 3 rings (SSSR count). The van der Waals surface area contributed by atoms with Crippen molar-refractivity contribution in [3.8, 4) is 5.75 Å². The summed E-state index contributed by atoms with van der Waals surface area (Å²) in [6.07, 6.45) is 4.26. The molecule has 2 aromatic carbocycles. The SMILES string of the molecule is COc1ccc(CSCC(=O)N(Cc2ccc(Cl)c(Cl)c2)[C@@H](C)C(=O)NC2CCCC2)cc1. The fraction of sp³-hybridized carbons (Fsp3) is 0.440. The number of methoxy groups -OCH3 is 1. The van der Waals surface area contributed by atoms with Gasteiger partial charge in [-0.1, -0.05) is 54.2 Å². The number of benzene rings is 2. The van der Waals surface area contributed by atoms with E-state index in [9.17, 15) is 9.59 Å². The quantitative estimate of drug-likeness (QED) is 0.446. The van der Waals surface area contributed by atoms with Crippen LogP contribution >= 0.6 is 35.0 Å². The Bertz CT molecular complexity index is 949. The third-order valence-corrected chi connectivity index (χ3v) is 7.59. The Morgan fingerprint density at radius 3 is 2.39 bits per heavy atom. The van der Waals surface area contributed by atoms with Gasteiger partial charge in [0.1, 0.15) is 11.8 Å². The van der Waals surface area contributed by atoms with Crippen LogP contribution in [0.5, 0.6) is 5.75 Å². The average molecular weight is 509 g/mol. The van der Waals surface area contributed by atoms with Gasteiger partial charge in [0.25, 0.3) is 0 Å². The summed E-state index contributed by atoms with van der Waals surface area (Å²) in [5.41, 5.74) is 1.94. The Labute approximate surface area is 210 Å². The van der Waals surface area contributed by atoms with Crippen molar-refractivity contribution in [2.24, 2.45) is 0 Å². The van der Waals surface area contributed by atoms with E-state index in [1.807, 2.05) is 30.3 Å². The van der Waals surface area contributed by atoms with Gasteiger partial charge in [0.15, 0.2) is 0 Å². The first-order valence-electron chi connectivity index (χ1n) is 11.1. The highest BCUT2D eigenvalue weighted by Crippen LogP contribution is 2.25. The smallest absolute Gasteiger partial charge is 0.242 e. The molecule has 0 bridgehead atoms. The summed E-state index contributed by atoms with van der Waals surface area (Å²) in [5.74, 6) is 1.56. The number of carbonyl (C=O) groups excluding carboxylic acids is 2. The van der Waals surface area contributed by atoms with Crippen LogP contribution in [0.3, 0.4) is 0 Å². The molecule has 0 unspecified atom stereocenters. The van der Waals surface area contributed by atoms with Crippen molar-refractivity contribution < 1.29 is 14.3 Å². The van der Waals surface area contributed by atoms with E-state index in [4.69, 9.17) is 27.9 Å². The molecule has 5 nitrogen and oxygen atoms in total. The van der Waals surface area contributed by atoms with Crippen molar-refractivity contribution in [2.75, 3.05) is 12.9 Å². The molecular formula is C25H30Cl2N2O3S. The maximum atomic E-state index is 13.2. The minimum Gasteiger partial charge on any atom is -0.497 e. The number of halogens is 2. The van der Waals surface area contributed by atoms with Crippen molar-refractivity contribution in [1.82, 2.24) is 10.2 Å². The Kier molecular flexibility index (Phi) is 9.78. The summed E-state index contributed by atoms with van der Waals surface area (Å²) >= 11 is 13.7. The highest BCUT2D eigenvalue weighted by Gasteiger charge is 2.28. The lowest BCUT2D eigenvalue weighted by Crippen LogP contribution is -2.50. The number of carbonyl (C=O) groups is 2.